The Labute approximate surface area is 212 Å². The van der Waals surface area contributed by atoms with Crippen molar-refractivity contribution >= 4 is 29.1 Å². The maximum absolute atomic E-state index is 13.3. The Morgan fingerprint density at radius 1 is 1.21 bits per heavy atom. The van der Waals surface area contributed by atoms with Gasteiger partial charge >= 0.3 is 18.1 Å². The quantitative estimate of drug-likeness (QED) is 0.306. The highest BCUT2D eigenvalue weighted by atomic mass is 19.4. The lowest BCUT2D eigenvalue weighted by Gasteiger charge is -2.11. The van der Waals surface area contributed by atoms with Crippen LogP contribution in [0.1, 0.15) is 16.1 Å². The highest BCUT2D eigenvalue weighted by Gasteiger charge is 2.38. The number of hydrogen-bond donors (Lipinski definition) is 2. The third-order valence-corrected chi connectivity index (χ3v) is 5.15. The molecular formula is C23H21F3N6O6. The molecule has 0 spiro atoms. The van der Waals surface area contributed by atoms with E-state index in [1.165, 1.54) is 41.2 Å². The number of aromatic nitrogens is 4. The van der Waals surface area contributed by atoms with Crippen LogP contribution >= 0.6 is 0 Å². The van der Waals surface area contributed by atoms with Crippen molar-refractivity contribution < 1.29 is 41.9 Å². The van der Waals surface area contributed by atoms with Gasteiger partial charge in [0.25, 0.3) is 0 Å². The average Bonchev–Trinajstić information content (AvgIpc) is 3.50. The number of ether oxygens (including phenoxy) is 2. The smallest absolute Gasteiger partial charge is 0.437 e. The minimum atomic E-state index is -4.73. The van der Waals surface area contributed by atoms with E-state index in [0.717, 1.165) is 6.26 Å². The molecule has 2 N–H and O–H groups in total. The molecule has 0 fully saturated rings. The highest BCUT2D eigenvalue weighted by Crippen LogP contribution is 2.37. The summed E-state index contributed by atoms with van der Waals surface area (Å²) < 4.78 is 55.5. The number of nitrogens with zero attached hydrogens (tertiary/aromatic N) is 5. The van der Waals surface area contributed by atoms with Gasteiger partial charge in [0, 0.05) is 30.7 Å². The van der Waals surface area contributed by atoms with Gasteiger partial charge in [-0.15, -0.1) is 0 Å². The Morgan fingerprint density at radius 2 is 2.00 bits per heavy atom. The molecule has 1 aromatic carbocycles. The van der Waals surface area contributed by atoms with E-state index in [4.69, 9.17) is 9.47 Å². The summed E-state index contributed by atoms with van der Waals surface area (Å²) in [6.07, 6.45) is 0.112. The summed E-state index contributed by atoms with van der Waals surface area (Å²) in [5.74, 6) is -1.97. The number of halogens is 3. The van der Waals surface area contributed by atoms with Gasteiger partial charge < -0.3 is 29.3 Å². The van der Waals surface area contributed by atoms with Crippen LogP contribution in [0.25, 0.3) is 16.9 Å². The van der Waals surface area contributed by atoms with Crippen molar-refractivity contribution in [1.82, 2.24) is 24.4 Å². The van der Waals surface area contributed by atoms with Crippen LogP contribution < -0.4 is 5.32 Å². The van der Waals surface area contributed by atoms with E-state index in [1.807, 2.05) is 19.0 Å². The van der Waals surface area contributed by atoms with Crippen molar-refractivity contribution in [3.63, 3.8) is 0 Å². The van der Waals surface area contributed by atoms with E-state index in [-0.39, 0.29) is 40.6 Å². The predicted octanol–water partition coefficient (Wildman–Crippen LogP) is 3.11. The number of fused-ring (bicyclic) bond motifs is 1. The molecule has 0 saturated carbocycles. The van der Waals surface area contributed by atoms with Crippen LogP contribution in [-0.2, 0) is 20.4 Å². The number of imidazole rings is 1. The molecule has 0 unspecified atom stereocenters. The number of likely N-dealkylation sites (N-methyl/N-ethyl adjacent to an activating group) is 1. The van der Waals surface area contributed by atoms with E-state index in [0.29, 0.717) is 6.54 Å². The molecule has 0 bridgehead atoms. The number of anilines is 2. The molecule has 0 atom stereocenters. The number of phenolic OH excluding ortho intramolecular Hbond substituents is 1. The molecular weight excluding hydrogens is 513 g/mol. The third kappa shape index (κ3) is 5.83. The first-order valence-electron chi connectivity index (χ1n) is 11.0. The molecule has 0 saturated heterocycles. The molecule has 200 valence electrons. The van der Waals surface area contributed by atoms with Crippen molar-refractivity contribution in [2.75, 3.05) is 39.2 Å². The van der Waals surface area contributed by atoms with Crippen molar-refractivity contribution in [3.8, 4) is 17.0 Å². The van der Waals surface area contributed by atoms with Crippen LogP contribution in [-0.4, -0.2) is 75.3 Å². The molecule has 3 aromatic heterocycles. The van der Waals surface area contributed by atoms with Gasteiger partial charge in [-0.05, 0) is 26.2 Å². The van der Waals surface area contributed by atoms with Crippen LogP contribution in [0.5, 0.6) is 5.75 Å². The SMILES string of the molecule is CN(C)CCOC(=O)COC(=O)c1ccc(Nc2nccn3c(-c4conc4C(F)(F)F)cnc23)cc1O. The van der Waals surface area contributed by atoms with Crippen LogP contribution in [0.15, 0.2) is 47.6 Å². The molecule has 4 aromatic rings. The second-order valence-electron chi connectivity index (χ2n) is 8.14. The number of nitrogens with one attached hydrogen (secondary N) is 1. The lowest BCUT2D eigenvalue weighted by atomic mass is 10.2. The van der Waals surface area contributed by atoms with Gasteiger partial charge in [-0.1, -0.05) is 5.16 Å². The maximum Gasteiger partial charge on any atom is 0.437 e. The molecule has 38 heavy (non-hydrogen) atoms. The molecule has 3 heterocycles. The Hall–Kier alpha value is -4.66. The van der Waals surface area contributed by atoms with Gasteiger partial charge in [0.1, 0.15) is 24.2 Å². The summed E-state index contributed by atoms with van der Waals surface area (Å²) in [5, 5.41) is 16.3. The molecule has 15 heteroatoms. The molecule has 0 aliphatic heterocycles. The fourth-order valence-electron chi connectivity index (χ4n) is 3.33. The summed E-state index contributed by atoms with van der Waals surface area (Å²) in [5.41, 5.74) is -1.16. The largest absolute Gasteiger partial charge is 0.507 e. The third-order valence-electron chi connectivity index (χ3n) is 5.15. The number of rotatable bonds is 9. The predicted molar refractivity (Wildman–Crippen MR) is 125 cm³/mol. The van der Waals surface area contributed by atoms with Gasteiger partial charge in [-0.25, -0.2) is 19.6 Å². The van der Waals surface area contributed by atoms with Gasteiger partial charge in [-0.3, -0.25) is 4.40 Å². The van der Waals surface area contributed by atoms with Crippen LogP contribution in [0.2, 0.25) is 0 Å². The van der Waals surface area contributed by atoms with Gasteiger partial charge in [0.15, 0.2) is 23.8 Å². The Balaban J connectivity index is 1.47. The Kier molecular flexibility index (Phi) is 7.47. The maximum atomic E-state index is 13.3. The number of benzene rings is 1. The Morgan fingerprint density at radius 3 is 2.71 bits per heavy atom. The van der Waals surface area contributed by atoms with Crippen LogP contribution in [0.4, 0.5) is 24.7 Å². The summed E-state index contributed by atoms with van der Waals surface area (Å²) in [4.78, 5) is 34.1. The van der Waals surface area contributed by atoms with Crippen molar-refractivity contribution in [3.05, 3.63) is 54.3 Å². The number of esters is 2. The van der Waals surface area contributed by atoms with Crippen molar-refractivity contribution in [2.45, 2.75) is 6.18 Å². The number of hydrogen-bond acceptors (Lipinski definition) is 11. The Bertz CT molecular complexity index is 1470. The number of carbonyl (C=O) groups excluding carboxylic acids is 2. The van der Waals surface area contributed by atoms with E-state index in [2.05, 4.69) is 25.0 Å². The topological polar surface area (TPSA) is 144 Å². The second-order valence-corrected chi connectivity index (χ2v) is 8.14. The van der Waals surface area contributed by atoms with E-state index < -0.39 is 36.2 Å². The molecule has 4 rings (SSSR count). The zero-order valence-electron chi connectivity index (χ0n) is 20.0. The highest BCUT2D eigenvalue weighted by molar-refractivity contribution is 5.94. The fraction of sp³-hybridized carbons (Fsp3) is 0.261. The molecule has 0 radical (unpaired) electrons. The summed E-state index contributed by atoms with van der Waals surface area (Å²) >= 11 is 0. The first kappa shape index (κ1) is 26.4. The minimum Gasteiger partial charge on any atom is -0.507 e. The monoisotopic (exact) mass is 534 g/mol. The number of carbonyl (C=O) groups is 2. The van der Waals surface area contributed by atoms with Crippen LogP contribution in [0, 0.1) is 0 Å². The minimum absolute atomic E-state index is 0.0696. The van der Waals surface area contributed by atoms with Crippen LogP contribution in [0.3, 0.4) is 0 Å². The standard InChI is InChI=1S/C23H21F3N6O6/c1-31(2)7-8-36-18(34)12-37-22(35)14-4-3-13(9-17(14)33)29-20-21-28-10-16(32(21)6-5-27-20)15-11-38-30-19(15)23(24,25)26/h3-6,9-11,33H,7-8,12H2,1-2H3,(H,27,29). The second kappa shape index (κ2) is 10.8. The fourth-order valence-corrected chi connectivity index (χ4v) is 3.33. The summed E-state index contributed by atoms with van der Waals surface area (Å²) in [6.45, 7) is 0.0189. The van der Waals surface area contributed by atoms with E-state index >= 15 is 0 Å². The molecule has 0 amide bonds. The first-order valence-corrected chi connectivity index (χ1v) is 11.0. The zero-order valence-corrected chi connectivity index (χ0v) is 20.0. The number of aromatic hydroxyl groups is 1. The zero-order chi connectivity index (χ0) is 27.4. The van der Waals surface area contributed by atoms with Crippen molar-refractivity contribution in [2.24, 2.45) is 0 Å². The lowest BCUT2D eigenvalue weighted by molar-refractivity contribution is -0.147. The average molecular weight is 534 g/mol. The van der Waals surface area contributed by atoms with Gasteiger partial charge in [0.2, 0.25) is 0 Å². The van der Waals surface area contributed by atoms with E-state index in [1.54, 1.807) is 0 Å². The number of phenols is 1. The first-order chi connectivity index (χ1) is 18.0. The van der Waals surface area contributed by atoms with E-state index in [9.17, 15) is 27.9 Å². The number of alkyl halides is 3. The molecule has 0 aliphatic rings. The lowest BCUT2D eigenvalue weighted by Crippen LogP contribution is -2.23. The van der Waals surface area contributed by atoms with Gasteiger partial charge in [-0.2, -0.15) is 13.2 Å². The molecule has 0 aliphatic carbocycles. The van der Waals surface area contributed by atoms with Crippen molar-refractivity contribution in [1.29, 1.82) is 0 Å². The summed E-state index contributed by atoms with van der Waals surface area (Å²) in [6, 6.07) is 3.91. The van der Waals surface area contributed by atoms with Gasteiger partial charge in [0.05, 0.1) is 17.5 Å². The normalized spacial score (nSPS) is 11.6. The summed E-state index contributed by atoms with van der Waals surface area (Å²) in [7, 11) is 3.62. The molecule has 12 nitrogen and oxygen atoms in total.